The molecule has 3 heteroatoms. The fourth-order valence-electron chi connectivity index (χ4n) is 2.48. The molecule has 0 radical (unpaired) electrons. The number of aromatic nitrogens is 1. The summed E-state index contributed by atoms with van der Waals surface area (Å²) in [6.07, 6.45) is 0. The quantitative estimate of drug-likeness (QED) is 0.542. The van der Waals surface area contributed by atoms with Crippen molar-refractivity contribution in [3.8, 4) is 6.07 Å². The van der Waals surface area contributed by atoms with Crippen LogP contribution in [0.4, 0.5) is 5.69 Å². The van der Waals surface area contributed by atoms with Crippen LogP contribution >= 0.6 is 0 Å². The summed E-state index contributed by atoms with van der Waals surface area (Å²) in [5.41, 5.74) is 3.09. The van der Waals surface area contributed by atoms with Gasteiger partial charge in [-0.25, -0.2) is 4.85 Å². The average Bonchev–Trinajstić information content (AvgIpc) is 2.73. The van der Waals surface area contributed by atoms with Crippen molar-refractivity contribution in [2.45, 2.75) is 0 Å². The Morgan fingerprint density at radius 1 is 1.22 bits per heavy atom. The number of rotatable bonds is 0. The van der Waals surface area contributed by atoms with E-state index >= 15 is 0 Å². The summed E-state index contributed by atoms with van der Waals surface area (Å²) < 4.78 is 1.98. The van der Waals surface area contributed by atoms with Gasteiger partial charge in [0.05, 0.1) is 17.7 Å². The van der Waals surface area contributed by atoms with Gasteiger partial charge in [0.2, 0.25) is 0 Å². The molecule has 1 heterocycles. The van der Waals surface area contributed by atoms with E-state index in [0.717, 1.165) is 21.8 Å². The van der Waals surface area contributed by atoms with Crippen molar-refractivity contribution in [1.29, 1.82) is 5.26 Å². The largest absolute Gasteiger partial charge is 0.344 e. The minimum absolute atomic E-state index is 0.598. The zero-order valence-corrected chi connectivity index (χ0v) is 9.81. The Balaban J connectivity index is 2.72. The Labute approximate surface area is 104 Å². The second-order valence-electron chi connectivity index (χ2n) is 4.16. The Morgan fingerprint density at radius 2 is 2.00 bits per heavy atom. The van der Waals surface area contributed by atoms with Gasteiger partial charge in [0.15, 0.2) is 5.69 Å². The summed E-state index contributed by atoms with van der Waals surface area (Å²) in [5, 5.41) is 11.1. The average molecular weight is 231 g/mol. The van der Waals surface area contributed by atoms with E-state index in [0.29, 0.717) is 11.3 Å². The van der Waals surface area contributed by atoms with Crippen LogP contribution in [0.5, 0.6) is 0 Å². The highest BCUT2D eigenvalue weighted by Gasteiger charge is 2.14. The first kappa shape index (κ1) is 10.4. The molecule has 3 rings (SSSR count). The fourth-order valence-corrected chi connectivity index (χ4v) is 2.48. The first-order valence-corrected chi connectivity index (χ1v) is 5.55. The Morgan fingerprint density at radius 3 is 2.72 bits per heavy atom. The topological polar surface area (TPSA) is 33.1 Å². The van der Waals surface area contributed by atoms with E-state index in [4.69, 9.17) is 6.57 Å². The number of para-hydroxylation sites is 1. The Hall–Kier alpha value is -2.78. The van der Waals surface area contributed by atoms with Gasteiger partial charge >= 0.3 is 0 Å². The predicted octanol–water partition coefficient (Wildman–Crippen LogP) is 3.75. The van der Waals surface area contributed by atoms with Crippen LogP contribution in [-0.4, -0.2) is 4.57 Å². The minimum atomic E-state index is 0.598. The van der Waals surface area contributed by atoms with Crippen LogP contribution in [0, 0.1) is 17.9 Å². The summed E-state index contributed by atoms with van der Waals surface area (Å²) in [4.78, 5) is 3.56. The molecule has 0 saturated heterocycles. The standard InChI is InChI=1S/C15H9N3/c1-17-12-8-7-10(9-16)15-14(12)11-5-3-4-6-13(11)18(15)2/h3-8H,2H3. The monoisotopic (exact) mass is 231 g/mol. The van der Waals surface area contributed by atoms with E-state index in [9.17, 15) is 5.26 Å². The number of aryl methyl sites for hydroxylation is 1. The zero-order chi connectivity index (χ0) is 12.7. The van der Waals surface area contributed by atoms with Crippen molar-refractivity contribution in [1.82, 2.24) is 4.57 Å². The number of hydrogen-bond acceptors (Lipinski definition) is 1. The molecule has 0 aliphatic heterocycles. The summed E-state index contributed by atoms with van der Waals surface area (Å²) in [5.74, 6) is 0. The van der Waals surface area contributed by atoms with Crippen LogP contribution in [0.3, 0.4) is 0 Å². The predicted molar refractivity (Wildman–Crippen MR) is 71.4 cm³/mol. The molecular weight excluding hydrogens is 222 g/mol. The molecule has 0 aliphatic rings. The normalized spacial score (nSPS) is 10.4. The molecule has 0 amide bonds. The third-order valence-corrected chi connectivity index (χ3v) is 3.27. The second-order valence-corrected chi connectivity index (χ2v) is 4.16. The van der Waals surface area contributed by atoms with E-state index in [-0.39, 0.29) is 0 Å². The van der Waals surface area contributed by atoms with Crippen molar-refractivity contribution in [3.63, 3.8) is 0 Å². The van der Waals surface area contributed by atoms with E-state index in [1.807, 2.05) is 35.9 Å². The van der Waals surface area contributed by atoms with Crippen LogP contribution in [0.15, 0.2) is 36.4 Å². The maximum Gasteiger partial charge on any atom is 0.197 e. The number of fused-ring (bicyclic) bond motifs is 3. The lowest BCUT2D eigenvalue weighted by molar-refractivity contribution is 1.01. The minimum Gasteiger partial charge on any atom is -0.344 e. The molecule has 84 valence electrons. The van der Waals surface area contributed by atoms with Crippen LogP contribution in [0.2, 0.25) is 0 Å². The van der Waals surface area contributed by atoms with Gasteiger partial charge in [0, 0.05) is 18.0 Å². The lowest BCUT2D eigenvalue weighted by Crippen LogP contribution is -1.89. The van der Waals surface area contributed by atoms with Crippen LogP contribution in [0.1, 0.15) is 5.56 Å². The van der Waals surface area contributed by atoms with Gasteiger partial charge < -0.3 is 4.57 Å². The van der Waals surface area contributed by atoms with Gasteiger partial charge in [-0.05, 0) is 11.5 Å². The molecule has 0 aliphatic carbocycles. The number of benzene rings is 2. The van der Waals surface area contributed by atoms with Gasteiger partial charge in [0.1, 0.15) is 6.07 Å². The summed E-state index contributed by atoms with van der Waals surface area (Å²) in [6.45, 7) is 7.27. The van der Waals surface area contributed by atoms with Gasteiger partial charge in [0.25, 0.3) is 0 Å². The first-order chi connectivity index (χ1) is 8.77. The summed E-state index contributed by atoms with van der Waals surface area (Å²) in [6, 6.07) is 13.6. The molecule has 0 atom stereocenters. The maximum absolute atomic E-state index is 9.21. The summed E-state index contributed by atoms with van der Waals surface area (Å²) in [7, 11) is 1.93. The lowest BCUT2D eigenvalue weighted by Gasteiger charge is -2.00. The fraction of sp³-hybridized carbons (Fsp3) is 0.0667. The van der Waals surface area contributed by atoms with Crippen molar-refractivity contribution in [2.24, 2.45) is 7.05 Å². The van der Waals surface area contributed by atoms with Crippen molar-refractivity contribution < 1.29 is 0 Å². The van der Waals surface area contributed by atoms with Gasteiger partial charge in [-0.3, -0.25) is 0 Å². The zero-order valence-electron chi connectivity index (χ0n) is 9.81. The molecule has 0 spiro atoms. The molecule has 1 aromatic heterocycles. The smallest absolute Gasteiger partial charge is 0.197 e. The number of nitriles is 1. The molecule has 0 saturated carbocycles. The molecule has 3 aromatic rings. The Bertz CT molecular complexity index is 857. The summed E-state index contributed by atoms with van der Waals surface area (Å²) >= 11 is 0. The molecular formula is C15H9N3. The molecule has 0 N–H and O–H groups in total. The SMILES string of the molecule is [C-]#[N+]c1ccc(C#N)c2c1c1ccccc1n2C. The van der Waals surface area contributed by atoms with Gasteiger partial charge in [-0.15, -0.1) is 0 Å². The third-order valence-electron chi connectivity index (χ3n) is 3.27. The van der Waals surface area contributed by atoms with Crippen molar-refractivity contribution >= 4 is 27.5 Å². The van der Waals surface area contributed by atoms with Gasteiger partial charge in [-0.1, -0.05) is 30.3 Å². The first-order valence-electron chi connectivity index (χ1n) is 5.55. The number of hydrogen-bond donors (Lipinski definition) is 0. The van der Waals surface area contributed by atoms with E-state index in [1.165, 1.54) is 0 Å². The number of nitrogens with zero attached hydrogens (tertiary/aromatic N) is 3. The molecule has 0 fully saturated rings. The van der Waals surface area contributed by atoms with Crippen LogP contribution in [0.25, 0.3) is 26.7 Å². The van der Waals surface area contributed by atoms with Crippen LogP contribution < -0.4 is 0 Å². The maximum atomic E-state index is 9.21. The molecule has 3 nitrogen and oxygen atoms in total. The van der Waals surface area contributed by atoms with E-state index < -0.39 is 0 Å². The van der Waals surface area contributed by atoms with Gasteiger partial charge in [-0.2, -0.15) is 5.26 Å². The third kappa shape index (κ3) is 1.16. The lowest BCUT2D eigenvalue weighted by atomic mass is 10.1. The Kier molecular flexibility index (Phi) is 2.08. The highest BCUT2D eigenvalue weighted by atomic mass is 14.9. The molecule has 18 heavy (non-hydrogen) atoms. The second kappa shape index (κ2) is 3.61. The van der Waals surface area contributed by atoms with E-state index in [1.54, 1.807) is 12.1 Å². The highest BCUT2D eigenvalue weighted by molar-refractivity contribution is 6.15. The van der Waals surface area contributed by atoms with Crippen molar-refractivity contribution in [2.75, 3.05) is 0 Å². The van der Waals surface area contributed by atoms with Crippen LogP contribution in [-0.2, 0) is 7.05 Å². The highest BCUT2D eigenvalue weighted by Crippen LogP contribution is 2.36. The van der Waals surface area contributed by atoms with Crippen molar-refractivity contribution in [3.05, 3.63) is 53.4 Å². The molecule has 0 bridgehead atoms. The van der Waals surface area contributed by atoms with E-state index in [2.05, 4.69) is 10.9 Å². The molecule has 2 aromatic carbocycles. The molecule has 0 unspecified atom stereocenters.